The number of nitrogens with zero attached hydrogens (tertiary/aromatic N) is 3. The van der Waals surface area contributed by atoms with Gasteiger partial charge in [0.1, 0.15) is 0 Å². The lowest BCUT2D eigenvalue weighted by atomic mass is 10.0. The van der Waals surface area contributed by atoms with Gasteiger partial charge in [-0.2, -0.15) is 39.5 Å². The molecule has 0 aromatic heterocycles. The standard InChI is InChI=1S/C20H17BrF9N5/c1-10-3-16(21)12(6-15(10)20(28,29)30)9-35(17(33-31)34-32-2)8-11-4-13(18(22,23)24)7-14(5-11)19(25,26)27/h3-7,31-32H,8-9H2,1-2H3/b33-31?,34-17+. The molecule has 0 saturated heterocycles. The maximum atomic E-state index is 13.4. The number of hydrazone groups is 1. The topological polar surface area (TPSA) is 63.8 Å². The van der Waals surface area contributed by atoms with Gasteiger partial charge in [0.2, 0.25) is 0 Å². The summed E-state index contributed by atoms with van der Waals surface area (Å²) in [5, 5.41) is 6.77. The van der Waals surface area contributed by atoms with Crippen LogP contribution in [0.4, 0.5) is 39.5 Å². The van der Waals surface area contributed by atoms with E-state index < -0.39 is 59.8 Å². The van der Waals surface area contributed by atoms with Crippen molar-refractivity contribution in [3.63, 3.8) is 0 Å². The molecule has 0 aliphatic heterocycles. The second kappa shape index (κ2) is 10.4. The molecular formula is C20H17BrF9N5. The summed E-state index contributed by atoms with van der Waals surface area (Å²) in [4.78, 5) is 0.967. The molecule has 5 nitrogen and oxygen atoms in total. The third-order valence-corrected chi connectivity index (χ3v) is 5.41. The first-order chi connectivity index (χ1) is 16.0. The Bertz CT molecular complexity index is 1080. The first-order valence-corrected chi connectivity index (χ1v) is 10.3. The highest BCUT2D eigenvalue weighted by Gasteiger charge is 2.37. The van der Waals surface area contributed by atoms with Gasteiger partial charge in [-0.15, -0.1) is 10.2 Å². The largest absolute Gasteiger partial charge is 0.416 e. The highest BCUT2D eigenvalue weighted by molar-refractivity contribution is 9.10. The third-order valence-electron chi connectivity index (χ3n) is 4.68. The van der Waals surface area contributed by atoms with Crippen LogP contribution >= 0.6 is 15.9 Å². The molecule has 0 bridgehead atoms. The number of aryl methyl sites for hydroxylation is 1. The van der Waals surface area contributed by atoms with E-state index in [4.69, 9.17) is 5.53 Å². The summed E-state index contributed by atoms with van der Waals surface area (Å²) in [6.45, 7) is 0.0610. The average molecular weight is 578 g/mol. The molecule has 2 N–H and O–H groups in total. The fraction of sp³-hybridized carbons (Fsp3) is 0.350. The van der Waals surface area contributed by atoms with Gasteiger partial charge in [0.25, 0.3) is 5.96 Å². The van der Waals surface area contributed by atoms with E-state index in [1.165, 1.54) is 20.0 Å². The van der Waals surface area contributed by atoms with E-state index in [1.807, 2.05) is 0 Å². The molecule has 0 amide bonds. The molecule has 0 saturated carbocycles. The summed E-state index contributed by atoms with van der Waals surface area (Å²) in [5.74, 6) is -0.487. The molecule has 0 fully saturated rings. The highest BCUT2D eigenvalue weighted by Crippen LogP contribution is 2.38. The van der Waals surface area contributed by atoms with Crippen LogP contribution in [0.5, 0.6) is 0 Å². The lowest BCUT2D eigenvalue weighted by Crippen LogP contribution is -2.30. The van der Waals surface area contributed by atoms with Crippen molar-refractivity contribution in [2.24, 2.45) is 10.2 Å². The summed E-state index contributed by atoms with van der Waals surface area (Å²) >= 11 is 3.12. The van der Waals surface area contributed by atoms with E-state index >= 15 is 0 Å². The smallest absolute Gasteiger partial charge is 0.330 e. The van der Waals surface area contributed by atoms with Crippen LogP contribution in [0.3, 0.4) is 0 Å². The monoisotopic (exact) mass is 577 g/mol. The van der Waals surface area contributed by atoms with Crippen molar-refractivity contribution in [1.82, 2.24) is 10.3 Å². The van der Waals surface area contributed by atoms with Gasteiger partial charge in [-0.3, -0.25) is 0 Å². The zero-order valence-electron chi connectivity index (χ0n) is 17.9. The lowest BCUT2D eigenvalue weighted by Gasteiger charge is -2.25. The van der Waals surface area contributed by atoms with E-state index in [2.05, 4.69) is 31.6 Å². The van der Waals surface area contributed by atoms with Gasteiger partial charge in [-0.25, -0.2) is 5.53 Å². The minimum absolute atomic E-state index is 0.0154. The Labute approximate surface area is 201 Å². The van der Waals surface area contributed by atoms with Crippen LogP contribution in [0.25, 0.3) is 0 Å². The van der Waals surface area contributed by atoms with E-state index in [0.29, 0.717) is 12.1 Å². The summed E-state index contributed by atoms with van der Waals surface area (Å²) in [5.41, 5.74) is 4.88. The Balaban J connectivity index is 2.62. The van der Waals surface area contributed by atoms with Gasteiger partial charge in [0, 0.05) is 24.6 Å². The van der Waals surface area contributed by atoms with Gasteiger partial charge < -0.3 is 10.3 Å². The average Bonchev–Trinajstić information content (AvgIpc) is 2.71. The number of benzene rings is 2. The summed E-state index contributed by atoms with van der Waals surface area (Å²) in [6.07, 6.45) is -14.9. The molecule has 2 rings (SSSR count). The van der Waals surface area contributed by atoms with Gasteiger partial charge in [0.05, 0.1) is 16.7 Å². The zero-order valence-corrected chi connectivity index (χ0v) is 19.5. The van der Waals surface area contributed by atoms with E-state index in [0.717, 1.165) is 11.0 Å². The van der Waals surface area contributed by atoms with Crippen molar-refractivity contribution in [3.05, 3.63) is 68.2 Å². The SMILES string of the molecule is CN/N=C(\N=N)N(Cc1cc(C(F)(F)F)cc(C(F)(F)F)c1)Cc1cc(C(F)(F)F)c(C)cc1Br. The summed E-state index contributed by atoms with van der Waals surface area (Å²) < 4.78 is 120. The van der Waals surface area contributed by atoms with Crippen LogP contribution in [0, 0.1) is 12.5 Å². The fourth-order valence-corrected chi connectivity index (χ4v) is 3.73. The number of nitrogens with one attached hydrogen (secondary N) is 2. The quantitative estimate of drug-likeness (QED) is 0.128. The third kappa shape index (κ3) is 7.32. The number of hydrogen-bond donors (Lipinski definition) is 2. The van der Waals surface area contributed by atoms with Crippen LogP contribution in [0.1, 0.15) is 33.4 Å². The molecule has 2 aromatic rings. The number of halogens is 10. The number of guanidine groups is 1. The zero-order chi connectivity index (χ0) is 26.8. The maximum absolute atomic E-state index is 13.4. The van der Waals surface area contributed by atoms with Crippen molar-refractivity contribution in [2.45, 2.75) is 38.5 Å². The Morgan fingerprint density at radius 3 is 1.86 bits per heavy atom. The molecule has 2 aromatic carbocycles. The van der Waals surface area contributed by atoms with Crippen LogP contribution in [-0.4, -0.2) is 17.9 Å². The molecule has 35 heavy (non-hydrogen) atoms. The van der Waals surface area contributed by atoms with Crippen molar-refractivity contribution in [1.29, 1.82) is 5.53 Å². The first kappa shape index (κ1) is 28.4. The van der Waals surface area contributed by atoms with Gasteiger partial charge >= 0.3 is 18.5 Å². The summed E-state index contributed by atoms with van der Waals surface area (Å²) in [7, 11) is 1.29. The van der Waals surface area contributed by atoms with Crippen molar-refractivity contribution in [3.8, 4) is 0 Å². The number of rotatable bonds is 5. The molecule has 0 spiro atoms. The Hall–Kier alpha value is -2.84. The number of hydrogen-bond acceptors (Lipinski definition) is 3. The molecule has 0 atom stereocenters. The Kier molecular flexibility index (Phi) is 8.45. The normalized spacial score (nSPS) is 13.1. The van der Waals surface area contributed by atoms with Crippen LogP contribution in [-0.2, 0) is 31.6 Å². The number of alkyl halides is 9. The molecule has 192 valence electrons. The van der Waals surface area contributed by atoms with E-state index in [9.17, 15) is 39.5 Å². The Morgan fingerprint density at radius 2 is 1.43 bits per heavy atom. The molecule has 0 aliphatic rings. The maximum Gasteiger partial charge on any atom is 0.416 e. The van der Waals surface area contributed by atoms with Crippen molar-refractivity contribution < 1.29 is 39.5 Å². The molecule has 0 radical (unpaired) electrons. The van der Waals surface area contributed by atoms with E-state index in [1.54, 1.807) is 0 Å². The molecule has 15 heteroatoms. The van der Waals surface area contributed by atoms with Crippen LogP contribution in [0.2, 0.25) is 0 Å². The Morgan fingerprint density at radius 1 is 0.886 bits per heavy atom. The second-order valence-corrected chi connectivity index (χ2v) is 8.13. The molecule has 0 aliphatic carbocycles. The minimum Gasteiger partial charge on any atom is -0.330 e. The van der Waals surface area contributed by atoms with Crippen molar-refractivity contribution in [2.75, 3.05) is 7.05 Å². The fourth-order valence-electron chi connectivity index (χ4n) is 3.14. The van der Waals surface area contributed by atoms with Crippen molar-refractivity contribution >= 4 is 21.9 Å². The predicted molar refractivity (Wildman–Crippen MR) is 111 cm³/mol. The molecule has 0 heterocycles. The molecular weight excluding hydrogens is 561 g/mol. The minimum atomic E-state index is -5.09. The van der Waals surface area contributed by atoms with Gasteiger partial charge in [-0.1, -0.05) is 15.9 Å². The first-order valence-electron chi connectivity index (χ1n) is 9.48. The summed E-state index contributed by atoms with van der Waals surface area (Å²) in [6, 6.07) is 2.89. The predicted octanol–water partition coefficient (Wildman–Crippen LogP) is 7.34. The molecule has 0 unspecified atom stereocenters. The lowest BCUT2D eigenvalue weighted by molar-refractivity contribution is -0.143. The highest BCUT2D eigenvalue weighted by atomic mass is 79.9. The second-order valence-electron chi connectivity index (χ2n) is 7.27. The van der Waals surface area contributed by atoms with Gasteiger partial charge in [-0.05, 0) is 53.9 Å². The van der Waals surface area contributed by atoms with Crippen LogP contribution < -0.4 is 5.43 Å². The van der Waals surface area contributed by atoms with Crippen LogP contribution in [0.15, 0.2) is 45.0 Å². The van der Waals surface area contributed by atoms with E-state index in [-0.39, 0.29) is 21.7 Å². The van der Waals surface area contributed by atoms with Gasteiger partial charge in [0.15, 0.2) is 0 Å².